The largest absolute Gasteiger partial charge is 0.383 e. The summed E-state index contributed by atoms with van der Waals surface area (Å²) in [7, 11) is 1.60. The average Bonchev–Trinajstić information content (AvgIpc) is 3.67. The maximum Gasteiger partial charge on any atom is 0.251 e. The Kier molecular flexibility index (Phi) is 9.21. The van der Waals surface area contributed by atoms with Gasteiger partial charge in [-0.3, -0.25) is 14.5 Å². The predicted molar refractivity (Wildman–Crippen MR) is 183 cm³/mol. The third-order valence-corrected chi connectivity index (χ3v) is 10.9. The van der Waals surface area contributed by atoms with Crippen LogP contribution >= 0.6 is 23.2 Å². The number of benzene rings is 2. The fourth-order valence-electron chi connectivity index (χ4n) is 8.02. The highest BCUT2D eigenvalue weighted by atomic mass is 35.5. The summed E-state index contributed by atoms with van der Waals surface area (Å²) in [6.45, 7) is 2.29. The Hall–Kier alpha value is -3.54. The first-order valence-corrected chi connectivity index (χ1v) is 17.1. The van der Waals surface area contributed by atoms with Crippen LogP contribution in [0.25, 0.3) is 0 Å². The molecule has 2 saturated heterocycles. The van der Waals surface area contributed by atoms with E-state index >= 15 is 4.39 Å². The highest BCUT2D eigenvalue weighted by Gasteiger charge is 2.68. The molecule has 0 radical (unpaired) electrons. The molecule has 4 atom stereocenters. The van der Waals surface area contributed by atoms with Crippen LogP contribution in [-0.2, 0) is 24.6 Å². The van der Waals surface area contributed by atoms with Crippen molar-refractivity contribution in [2.45, 2.75) is 49.2 Å². The molecule has 2 aromatic rings. The number of carbonyl (C=O) groups is 2. The summed E-state index contributed by atoms with van der Waals surface area (Å²) in [5, 5.41) is 19.0. The zero-order chi connectivity index (χ0) is 33.6. The summed E-state index contributed by atoms with van der Waals surface area (Å²) >= 11 is 12.8. The third kappa shape index (κ3) is 5.57. The van der Waals surface area contributed by atoms with E-state index < -0.39 is 17.3 Å². The van der Waals surface area contributed by atoms with Gasteiger partial charge in [-0.05, 0) is 54.7 Å². The lowest BCUT2D eigenvalue weighted by Gasteiger charge is -2.43. The van der Waals surface area contributed by atoms with Crippen LogP contribution < -0.4 is 16.0 Å². The zero-order valence-corrected chi connectivity index (χ0v) is 28.1. The number of anilines is 1. The Labute approximate surface area is 289 Å². The second kappa shape index (κ2) is 13.4. The van der Waals surface area contributed by atoms with Crippen LogP contribution in [0.1, 0.15) is 42.7 Å². The molecule has 4 N–H and O–H groups in total. The van der Waals surface area contributed by atoms with E-state index in [-0.39, 0.29) is 34.6 Å². The summed E-state index contributed by atoms with van der Waals surface area (Å²) in [6, 6.07) is 9.85. The summed E-state index contributed by atoms with van der Waals surface area (Å²) in [5.74, 6) is -1.27. The number of hydrogen-bond acceptors (Lipinski definition) is 7. The highest BCUT2D eigenvalue weighted by Crippen LogP contribution is 2.60. The first-order chi connectivity index (χ1) is 23.2. The van der Waals surface area contributed by atoms with E-state index in [1.165, 1.54) is 6.07 Å². The van der Waals surface area contributed by atoms with Gasteiger partial charge in [0, 0.05) is 71.7 Å². The maximum absolute atomic E-state index is 16.1. The number of hydrogen-bond donors (Lipinski definition) is 4. The molecule has 2 amide bonds. The highest BCUT2D eigenvalue weighted by molar-refractivity contribution is 6.31. The number of amides is 2. The standard InChI is InChI=1S/C36H38Cl2FN5O4/c1-47-14-15-48-13-12-41-34(45)21-8-10-23(27(40)16-21)28-18-30-33(42-28)31(24-6-3-7-26(38)32(24)39)36(44(30)19-20-4-2-5-20)25-11-9-22(37)17-29(25)43-35(36)46/h3,6-11,16-17,20,30-31,33,40,42H,2,4-5,12-15,18-19H2,1H3,(H,41,45)(H,43,46)/b28-23-,40-27?/t30?,31-,33+,36+/m0/s1. The molecule has 5 aliphatic rings. The molecule has 252 valence electrons. The van der Waals surface area contributed by atoms with Crippen molar-refractivity contribution < 1.29 is 23.5 Å². The molecule has 7 rings (SSSR count). The molecule has 12 heteroatoms. The first-order valence-electron chi connectivity index (χ1n) is 16.4. The van der Waals surface area contributed by atoms with Gasteiger partial charge in [-0.15, -0.1) is 0 Å². The van der Waals surface area contributed by atoms with Crippen molar-refractivity contribution in [1.29, 1.82) is 5.41 Å². The normalized spacial score (nSPS) is 27.8. The lowest BCUT2D eigenvalue weighted by atomic mass is 9.73. The molecule has 1 spiro atoms. The number of halogens is 3. The molecular weight excluding hydrogens is 656 g/mol. The van der Waals surface area contributed by atoms with Crippen molar-refractivity contribution in [2.24, 2.45) is 5.92 Å². The number of nitrogens with zero attached hydrogens (tertiary/aromatic N) is 1. The molecule has 1 saturated carbocycles. The van der Waals surface area contributed by atoms with Crippen LogP contribution in [0.15, 0.2) is 71.5 Å². The number of fused-ring (bicyclic) bond motifs is 3. The van der Waals surface area contributed by atoms with Gasteiger partial charge in [0.05, 0.1) is 36.6 Å². The van der Waals surface area contributed by atoms with Crippen LogP contribution in [0.5, 0.6) is 0 Å². The van der Waals surface area contributed by atoms with Gasteiger partial charge in [0.25, 0.3) is 5.91 Å². The van der Waals surface area contributed by atoms with Crippen LogP contribution in [-0.4, -0.2) is 74.5 Å². The topological polar surface area (TPSA) is 116 Å². The van der Waals surface area contributed by atoms with Gasteiger partial charge in [0.15, 0.2) is 0 Å². The quantitative estimate of drug-likeness (QED) is 0.246. The van der Waals surface area contributed by atoms with Crippen molar-refractivity contribution in [2.75, 3.05) is 45.3 Å². The first kappa shape index (κ1) is 33.0. The molecule has 0 bridgehead atoms. The fourth-order valence-corrected chi connectivity index (χ4v) is 8.37. The molecule has 0 aromatic heterocycles. The Morgan fingerprint density at radius 3 is 2.75 bits per heavy atom. The summed E-state index contributed by atoms with van der Waals surface area (Å²) < 4.78 is 26.5. The van der Waals surface area contributed by atoms with Crippen LogP contribution in [0.2, 0.25) is 10.0 Å². The zero-order valence-electron chi connectivity index (χ0n) is 26.6. The number of allylic oxidation sites excluding steroid dienone is 3. The van der Waals surface area contributed by atoms with Gasteiger partial charge >= 0.3 is 0 Å². The van der Waals surface area contributed by atoms with Crippen molar-refractivity contribution in [1.82, 2.24) is 15.5 Å². The van der Waals surface area contributed by atoms with Gasteiger partial charge in [-0.25, -0.2) is 4.39 Å². The molecule has 48 heavy (non-hydrogen) atoms. The number of rotatable bonds is 10. The second-order valence-electron chi connectivity index (χ2n) is 13.0. The minimum Gasteiger partial charge on any atom is -0.383 e. The number of nitrogens with one attached hydrogen (secondary N) is 4. The smallest absolute Gasteiger partial charge is 0.251 e. The van der Waals surface area contributed by atoms with E-state index in [0.717, 1.165) is 30.5 Å². The summed E-state index contributed by atoms with van der Waals surface area (Å²) in [6.07, 6.45) is 8.86. The number of carbonyl (C=O) groups excluding carboxylic acids is 2. The van der Waals surface area contributed by atoms with E-state index in [0.29, 0.717) is 72.7 Å². The second-order valence-corrected chi connectivity index (χ2v) is 13.9. The molecule has 9 nitrogen and oxygen atoms in total. The Balaban J connectivity index is 1.23. The van der Waals surface area contributed by atoms with Crippen molar-refractivity contribution in [3.63, 3.8) is 0 Å². The molecule has 3 heterocycles. The summed E-state index contributed by atoms with van der Waals surface area (Å²) in [4.78, 5) is 29.6. The Morgan fingerprint density at radius 1 is 1.17 bits per heavy atom. The summed E-state index contributed by atoms with van der Waals surface area (Å²) in [5.41, 5.74) is 2.63. The van der Waals surface area contributed by atoms with E-state index in [4.69, 9.17) is 38.1 Å². The minimum atomic E-state index is -1.20. The molecule has 3 fully saturated rings. The van der Waals surface area contributed by atoms with Gasteiger partial charge in [-0.2, -0.15) is 0 Å². The van der Waals surface area contributed by atoms with Crippen LogP contribution in [0.3, 0.4) is 0 Å². The van der Waals surface area contributed by atoms with Crippen LogP contribution in [0.4, 0.5) is 10.1 Å². The SMILES string of the molecule is COCCOCCNC(=O)C1=CC(=N)/C(=C2/CC3[C@@H](N2)[C@H](c2cccc(Cl)c2F)[C@]2(C(=O)Nc4cc(Cl)ccc42)N3CC2CCC2)C=C1. The predicted octanol–water partition coefficient (Wildman–Crippen LogP) is 5.46. The van der Waals surface area contributed by atoms with Crippen molar-refractivity contribution in [3.05, 3.63) is 98.5 Å². The number of ether oxygens (including phenoxy) is 2. The molecular formula is C36H38Cl2FN5O4. The monoisotopic (exact) mass is 693 g/mol. The van der Waals surface area contributed by atoms with E-state index in [1.54, 1.807) is 49.6 Å². The van der Waals surface area contributed by atoms with Gasteiger partial charge < -0.3 is 30.8 Å². The number of methoxy groups -OCH3 is 1. The van der Waals surface area contributed by atoms with E-state index in [2.05, 4.69) is 20.9 Å². The Bertz CT molecular complexity index is 1760. The van der Waals surface area contributed by atoms with Crippen LogP contribution in [0, 0.1) is 17.1 Å². The molecule has 2 aromatic carbocycles. The lowest BCUT2D eigenvalue weighted by molar-refractivity contribution is -0.128. The van der Waals surface area contributed by atoms with Crippen molar-refractivity contribution >= 4 is 46.4 Å². The lowest BCUT2D eigenvalue weighted by Crippen LogP contribution is -2.54. The number of likely N-dealkylation sites (tertiary alicyclic amines) is 1. The van der Waals surface area contributed by atoms with Crippen molar-refractivity contribution in [3.8, 4) is 0 Å². The molecule has 1 unspecified atom stereocenters. The molecule has 2 aliphatic carbocycles. The fraction of sp³-hybridized carbons (Fsp3) is 0.417. The maximum atomic E-state index is 16.1. The van der Waals surface area contributed by atoms with E-state index in [1.807, 2.05) is 6.07 Å². The Morgan fingerprint density at radius 2 is 2.00 bits per heavy atom. The minimum absolute atomic E-state index is 0.00238. The average molecular weight is 695 g/mol. The van der Waals surface area contributed by atoms with E-state index in [9.17, 15) is 9.59 Å². The third-order valence-electron chi connectivity index (χ3n) is 10.4. The van der Waals surface area contributed by atoms with Gasteiger partial charge in [0.1, 0.15) is 11.4 Å². The van der Waals surface area contributed by atoms with Gasteiger partial charge in [0.2, 0.25) is 5.91 Å². The molecule has 3 aliphatic heterocycles. The van der Waals surface area contributed by atoms with Gasteiger partial charge in [-0.1, -0.05) is 53.9 Å².